The van der Waals surface area contributed by atoms with Crippen molar-refractivity contribution in [3.63, 3.8) is 0 Å². The fourth-order valence-electron chi connectivity index (χ4n) is 2.28. The summed E-state index contributed by atoms with van der Waals surface area (Å²) >= 11 is 0. The SMILES string of the molecule is N#CC1C=CCN1C(=O)C(N)CCC(=O)OCc1ccccc1. The van der Waals surface area contributed by atoms with Crippen molar-refractivity contribution in [2.45, 2.75) is 31.5 Å². The summed E-state index contributed by atoms with van der Waals surface area (Å²) in [6, 6.07) is 10.00. The molecule has 23 heavy (non-hydrogen) atoms. The smallest absolute Gasteiger partial charge is 0.306 e. The minimum Gasteiger partial charge on any atom is -0.461 e. The quantitative estimate of drug-likeness (QED) is 0.627. The molecule has 2 unspecified atom stereocenters. The van der Waals surface area contributed by atoms with Crippen LogP contribution in [0, 0.1) is 11.3 Å². The normalized spacial score (nSPS) is 17.6. The van der Waals surface area contributed by atoms with Crippen LogP contribution >= 0.6 is 0 Å². The molecule has 0 aliphatic carbocycles. The highest BCUT2D eigenvalue weighted by Gasteiger charge is 2.28. The standard InChI is InChI=1S/C17H19N3O3/c18-11-14-7-4-10-20(14)17(22)15(19)8-9-16(21)23-12-13-5-2-1-3-6-13/h1-7,14-15H,8-10,12,19H2. The number of esters is 1. The summed E-state index contributed by atoms with van der Waals surface area (Å²) in [6.07, 6.45) is 3.69. The van der Waals surface area contributed by atoms with Crippen molar-refractivity contribution < 1.29 is 14.3 Å². The Morgan fingerprint density at radius 2 is 2.13 bits per heavy atom. The average molecular weight is 313 g/mol. The molecule has 0 fully saturated rings. The highest BCUT2D eigenvalue weighted by atomic mass is 16.5. The molecule has 1 aromatic carbocycles. The molecule has 120 valence electrons. The van der Waals surface area contributed by atoms with Crippen molar-refractivity contribution in [2.75, 3.05) is 6.54 Å². The third-order valence-electron chi connectivity index (χ3n) is 3.59. The van der Waals surface area contributed by atoms with Gasteiger partial charge in [-0.15, -0.1) is 0 Å². The Morgan fingerprint density at radius 3 is 2.83 bits per heavy atom. The number of benzene rings is 1. The molecule has 0 saturated heterocycles. The predicted molar refractivity (Wildman–Crippen MR) is 83.7 cm³/mol. The number of hydrogen-bond donors (Lipinski definition) is 1. The van der Waals surface area contributed by atoms with Gasteiger partial charge in [-0.05, 0) is 18.1 Å². The van der Waals surface area contributed by atoms with Gasteiger partial charge in [-0.2, -0.15) is 5.26 Å². The summed E-state index contributed by atoms with van der Waals surface area (Å²) in [7, 11) is 0. The van der Waals surface area contributed by atoms with E-state index < -0.39 is 18.1 Å². The van der Waals surface area contributed by atoms with E-state index in [1.165, 1.54) is 4.90 Å². The fraction of sp³-hybridized carbons (Fsp3) is 0.353. The predicted octanol–water partition coefficient (Wildman–Crippen LogP) is 1.13. The molecule has 0 radical (unpaired) electrons. The van der Waals surface area contributed by atoms with Crippen LogP contribution in [0.25, 0.3) is 0 Å². The van der Waals surface area contributed by atoms with Gasteiger partial charge in [0, 0.05) is 13.0 Å². The van der Waals surface area contributed by atoms with Gasteiger partial charge < -0.3 is 15.4 Å². The molecule has 6 nitrogen and oxygen atoms in total. The minimum atomic E-state index is -0.810. The highest BCUT2D eigenvalue weighted by molar-refractivity contribution is 5.83. The van der Waals surface area contributed by atoms with Gasteiger partial charge in [-0.25, -0.2) is 0 Å². The van der Waals surface area contributed by atoms with Gasteiger partial charge >= 0.3 is 5.97 Å². The van der Waals surface area contributed by atoms with Crippen LogP contribution in [0.5, 0.6) is 0 Å². The monoisotopic (exact) mass is 313 g/mol. The summed E-state index contributed by atoms with van der Waals surface area (Å²) in [5, 5.41) is 8.95. The molecule has 2 atom stereocenters. The molecule has 2 rings (SSSR count). The molecule has 1 amide bonds. The Labute approximate surface area is 135 Å². The number of nitrogens with zero attached hydrogens (tertiary/aromatic N) is 2. The van der Waals surface area contributed by atoms with Crippen LogP contribution in [-0.4, -0.2) is 35.4 Å². The van der Waals surface area contributed by atoms with Crippen LogP contribution < -0.4 is 5.73 Å². The van der Waals surface area contributed by atoms with Gasteiger partial charge in [0.1, 0.15) is 12.6 Å². The molecule has 0 saturated carbocycles. The first kappa shape index (κ1) is 16.7. The highest BCUT2D eigenvalue weighted by Crippen LogP contribution is 2.12. The summed E-state index contributed by atoms with van der Waals surface area (Å²) in [6.45, 7) is 0.582. The van der Waals surface area contributed by atoms with Crippen molar-refractivity contribution in [1.82, 2.24) is 4.90 Å². The maximum absolute atomic E-state index is 12.2. The van der Waals surface area contributed by atoms with Gasteiger partial charge in [-0.3, -0.25) is 9.59 Å². The molecule has 1 aliphatic heterocycles. The maximum atomic E-state index is 12.2. The topological polar surface area (TPSA) is 96.4 Å². The summed E-state index contributed by atoms with van der Waals surface area (Å²) < 4.78 is 5.14. The number of amides is 1. The number of ether oxygens (including phenoxy) is 1. The number of rotatable bonds is 6. The molecule has 1 aromatic rings. The second-order valence-corrected chi connectivity index (χ2v) is 5.28. The molecule has 1 aliphatic rings. The van der Waals surface area contributed by atoms with E-state index >= 15 is 0 Å². The number of nitriles is 1. The van der Waals surface area contributed by atoms with Gasteiger partial charge in [0.25, 0.3) is 0 Å². The molecule has 6 heteroatoms. The Morgan fingerprint density at radius 1 is 1.39 bits per heavy atom. The van der Waals surface area contributed by atoms with Crippen molar-refractivity contribution in [2.24, 2.45) is 5.73 Å². The summed E-state index contributed by atoms with van der Waals surface area (Å²) in [4.78, 5) is 25.3. The average Bonchev–Trinajstić information content (AvgIpc) is 3.06. The second kappa shape index (κ2) is 8.11. The Kier molecular flexibility index (Phi) is 5.89. The van der Waals surface area contributed by atoms with E-state index in [1.807, 2.05) is 36.4 Å². The summed E-state index contributed by atoms with van der Waals surface area (Å²) in [5.41, 5.74) is 6.74. The Hall–Kier alpha value is -2.65. The van der Waals surface area contributed by atoms with Gasteiger partial charge in [0.05, 0.1) is 12.1 Å². The van der Waals surface area contributed by atoms with Gasteiger partial charge in [0.15, 0.2) is 0 Å². The third kappa shape index (κ3) is 4.66. The van der Waals surface area contributed by atoms with E-state index in [1.54, 1.807) is 12.2 Å². The van der Waals surface area contributed by atoms with E-state index in [4.69, 9.17) is 15.7 Å². The van der Waals surface area contributed by atoms with Crippen LogP contribution in [0.3, 0.4) is 0 Å². The van der Waals surface area contributed by atoms with E-state index in [9.17, 15) is 9.59 Å². The lowest BCUT2D eigenvalue weighted by Crippen LogP contribution is -2.46. The van der Waals surface area contributed by atoms with E-state index in [-0.39, 0.29) is 25.4 Å². The number of hydrogen-bond acceptors (Lipinski definition) is 5. The lowest BCUT2D eigenvalue weighted by atomic mass is 10.1. The van der Waals surface area contributed by atoms with Crippen molar-refractivity contribution in [1.29, 1.82) is 5.26 Å². The Balaban J connectivity index is 1.73. The van der Waals surface area contributed by atoms with E-state index in [2.05, 4.69) is 0 Å². The molecule has 0 bridgehead atoms. The largest absolute Gasteiger partial charge is 0.461 e. The maximum Gasteiger partial charge on any atom is 0.306 e. The van der Waals surface area contributed by atoms with Crippen LogP contribution in [0.1, 0.15) is 18.4 Å². The van der Waals surface area contributed by atoms with Gasteiger partial charge in [0.2, 0.25) is 5.91 Å². The molecule has 0 spiro atoms. The summed E-state index contributed by atoms with van der Waals surface area (Å²) in [5.74, 6) is -0.717. The molecule has 0 aromatic heterocycles. The number of carbonyl (C=O) groups excluding carboxylic acids is 2. The van der Waals surface area contributed by atoms with Crippen molar-refractivity contribution in [3.8, 4) is 6.07 Å². The molecule has 2 N–H and O–H groups in total. The zero-order chi connectivity index (χ0) is 16.7. The van der Waals surface area contributed by atoms with Gasteiger partial charge in [-0.1, -0.05) is 36.4 Å². The lowest BCUT2D eigenvalue weighted by molar-refractivity contribution is -0.145. The number of nitrogens with two attached hydrogens (primary N) is 1. The van der Waals surface area contributed by atoms with Crippen LogP contribution in [0.15, 0.2) is 42.5 Å². The third-order valence-corrected chi connectivity index (χ3v) is 3.59. The Bertz CT molecular complexity index is 622. The zero-order valence-corrected chi connectivity index (χ0v) is 12.7. The first-order valence-electron chi connectivity index (χ1n) is 7.43. The van der Waals surface area contributed by atoms with Crippen LogP contribution in [0.2, 0.25) is 0 Å². The van der Waals surface area contributed by atoms with Crippen LogP contribution in [-0.2, 0) is 20.9 Å². The second-order valence-electron chi connectivity index (χ2n) is 5.28. The first-order valence-corrected chi connectivity index (χ1v) is 7.43. The minimum absolute atomic E-state index is 0.0677. The van der Waals surface area contributed by atoms with E-state index in [0.29, 0.717) is 6.54 Å². The zero-order valence-electron chi connectivity index (χ0n) is 12.7. The molecular formula is C17H19N3O3. The van der Waals surface area contributed by atoms with E-state index in [0.717, 1.165) is 5.56 Å². The van der Waals surface area contributed by atoms with Crippen LogP contribution in [0.4, 0.5) is 0 Å². The molecular weight excluding hydrogens is 294 g/mol. The van der Waals surface area contributed by atoms with Crippen molar-refractivity contribution >= 4 is 11.9 Å². The first-order chi connectivity index (χ1) is 11.1. The van der Waals surface area contributed by atoms with Crippen molar-refractivity contribution in [3.05, 3.63) is 48.0 Å². The fourth-order valence-corrected chi connectivity index (χ4v) is 2.28. The number of carbonyl (C=O) groups is 2. The lowest BCUT2D eigenvalue weighted by Gasteiger charge is -2.23. The molecule has 1 heterocycles.